The standard InChI is InChI=1S/C26H33N7O/c1-16(2)25-21-14-19(18-10-12-32(13-11-18)15-24(34)31(4)5)6-8-22(21)27-26(25)20-7-9-23-28-29-30-33(23)17(20)3/h6-9,14,16,18,27H,10-13,15H2,1-5H3. The average Bonchev–Trinajstić information content (AvgIpc) is 3.44. The highest BCUT2D eigenvalue weighted by atomic mass is 16.2. The summed E-state index contributed by atoms with van der Waals surface area (Å²) in [6.45, 7) is 9.01. The van der Waals surface area contributed by atoms with E-state index in [9.17, 15) is 4.79 Å². The molecule has 3 aromatic heterocycles. The lowest BCUT2D eigenvalue weighted by atomic mass is 9.87. The number of hydrogen-bond donors (Lipinski definition) is 1. The van der Waals surface area contributed by atoms with Crippen LogP contribution in [0.4, 0.5) is 0 Å². The Kier molecular flexibility index (Phi) is 5.85. The lowest BCUT2D eigenvalue weighted by Gasteiger charge is -2.32. The van der Waals surface area contributed by atoms with Crippen LogP contribution >= 0.6 is 0 Å². The molecule has 0 spiro atoms. The van der Waals surface area contributed by atoms with Gasteiger partial charge in [0, 0.05) is 30.6 Å². The summed E-state index contributed by atoms with van der Waals surface area (Å²) >= 11 is 0. The van der Waals surface area contributed by atoms with Crippen LogP contribution in [-0.4, -0.2) is 74.5 Å². The lowest BCUT2D eigenvalue weighted by Crippen LogP contribution is -2.40. The van der Waals surface area contributed by atoms with E-state index in [1.807, 2.05) is 20.2 Å². The van der Waals surface area contributed by atoms with Crippen molar-refractivity contribution < 1.29 is 4.79 Å². The molecule has 1 aliphatic heterocycles. The van der Waals surface area contributed by atoms with Crippen molar-refractivity contribution in [3.05, 3.63) is 47.2 Å². The SMILES string of the molecule is Cc1c(-c2[nH]c3ccc(C4CCN(CC(=O)N(C)C)CC4)cc3c2C(C)C)ccc2nnnn12. The van der Waals surface area contributed by atoms with E-state index in [2.05, 4.69) is 70.4 Å². The van der Waals surface area contributed by atoms with Gasteiger partial charge < -0.3 is 9.88 Å². The second kappa shape index (κ2) is 8.83. The Morgan fingerprint density at radius 1 is 1.18 bits per heavy atom. The fourth-order valence-corrected chi connectivity index (χ4v) is 5.25. The van der Waals surface area contributed by atoms with Crippen molar-refractivity contribution in [2.75, 3.05) is 33.7 Å². The summed E-state index contributed by atoms with van der Waals surface area (Å²) in [5.41, 5.74) is 7.94. The molecule has 0 atom stereocenters. The predicted octanol–water partition coefficient (Wildman–Crippen LogP) is 3.97. The fourth-order valence-electron chi connectivity index (χ4n) is 5.25. The summed E-state index contributed by atoms with van der Waals surface area (Å²) in [5, 5.41) is 13.3. The molecule has 8 heteroatoms. The van der Waals surface area contributed by atoms with Crippen LogP contribution in [-0.2, 0) is 4.79 Å². The van der Waals surface area contributed by atoms with E-state index in [1.54, 1.807) is 9.42 Å². The maximum Gasteiger partial charge on any atom is 0.236 e. The molecule has 0 bridgehead atoms. The second-order valence-electron chi connectivity index (χ2n) is 9.99. The molecular formula is C26H33N7O. The summed E-state index contributed by atoms with van der Waals surface area (Å²) in [5.74, 6) is 1.06. The summed E-state index contributed by atoms with van der Waals surface area (Å²) in [4.78, 5) is 19.7. The number of tetrazole rings is 1. The van der Waals surface area contributed by atoms with Crippen LogP contribution in [0.1, 0.15) is 55.3 Å². The van der Waals surface area contributed by atoms with Gasteiger partial charge in [-0.05, 0) is 90.5 Å². The van der Waals surface area contributed by atoms with Crippen molar-refractivity contribution in [2.24, 2.45) is 0 Å². The minimum Gasteiger partial charge on any atom is -0.354 e. The Morgan fingerprint density at radius 2 is 1.94 bits per heavy atom. The van der Waals surface area contributed by atoms with Gasteiger partial charge in [-0.1, -0.05) is 19.9 Å². The molecule has 0 radical (unpaired) electrons. The number of aromatic amines is 1. The molecule has 1 aliphatic rings. The molecule has 1 amide bonds. The topological polar surface area (TPSA) is 82.4 Å². The van der Waals surface area contributed by atoms with Crippen LogP contribution in [0.15, 0.2) is 30.3 Å². The minimum atomic E-state index is 0.177. The molecular weight excluding hydrogens is 426 g/mol. The van der Waals surface area contributed by atoms with Gasteiger partial charge in [-0.2, -0.15) is 4.52 Å². The highest BCUT2D eigenvalue weighted by molar-refractivity contribution is 5.92. The van der Waals surface area contributed by atoms with Gasteiger partial charge in [0.2, 0.25) is 5.91 Å². The summed E-state index contributed by atoms with van der Waals surface area (Å²) in [6.07, 6.45) is 2.16. The first kappa shape index (κ1) is 22.5. The van der Waals surface area contributed by atoms with E-state index in [1.165, 1.54) is 16.5 Å². The number of piperidine rings is 1. The first-order chi connectivity index (χ1) is 16.3. The molecule has 1 saturated heterocycles. The third-order valence-electron chi connectivity index (χ3n) is 7.23. The van der Waals surface area contributed by atoms with E-state index in [4.69, 9.17) is 0 Å². The molecule has 0 saturated carbocycles. The first-order valence-corrected chi connectivity index (χ1v) is 12.1. The predicted molar refractivity (Wildman–Crippen MR) is 134 cm³/mol. The van der Waals surface area contributed by atoms with E-state index >= 15 is 0 Å². The second-order valence-corrected chi connectivity index (χ2v) is 9.99. The van der Waals surface area contributed by atoms with Crippen molar-refractivity contribution in [1.29, 1.82) is 0 Å². The fraction of sp³-hybridized carbons (Fsp3) is 0.462. The minimum absolute atomic E-state index is 0.177. The maximum absolute atomic E-state index is 12.1. The molecule has 8 nitrogen and oxygen atoms in total. The number of aromatic nitrogens is 5. The quantitative estimate of drug-likeness (QED) is 0.488. The van der Waals surface area contributed by atoms with Gasteiger partial charge in [-0.3, -0.25) is 9.69 Å². The summed E-state index contributed by atoms with van der Waals surface area (Å²) < 4.78 is 1.80. The molecule has 178 valence electrons. The number of carbonyl (C=O) groups is 1. The molecule has 1 aromatic carbocycles. The molecule has 1 fully saturated rings. The number of hydrogen-bond acceptors (Lipinski definition) is 5. The molecule has 0 unspecified atom stereocenters. The summed E-state index contributed by atoms with van der Waals surface area (Å²) in [7, 11) is 3.65. The van der Waals surface area contributed by atoms with Crippen LogP contribution in [0.2, 0.25) is 0 Å². The molecule has 1 N–H and O–H groups in total. The number of pyridine rings is 1. The van der Waals surface area contributed by atoms with E-state index in [0.29, 0.717) is 18.4 Å². The highest BCUT2D eigenvalue weighted by Gasteiger charge is 2.24. The lowest BCUT2D eigenvalue weighted by molar-refractivity contribution is -0.130. The summed E-state index contributed by atoms with van der Waals surface area (Å²) in [6, 6.07) is 11.0. The third-order valence-corrected chi connectivity index (χ3v) is 7.23. The zero-order valence-corrected chi connectivity index (χ0v) is 20.7. The largest absolute Gasteiger partial charge is 0.354 e. The number of likely N-dealkylation sites (tertiary alicyclic amines) is 1. The van der Waals surface area contributed by atoms with Gasteiger partial charge in [0.25, 0.3) is 0 Å². The van der Waals surface area contributed by atoms with Gasteiger partial charge in [0.1, 0.15) is 0 Å². The Hall–Kier alpha value is -3.26. The van der Waals surface area contributed by atoms with Gasteiger partial charge in [0.05, 0.1) is 17.9 Å². The zero-order chi connectivity index (χ0) is 24.0. The first-order valence-electron chi connectivity index (χ1n) is 12.1. The number of likely N-dealkylation sites (N-methyl/N-ethyl adjacent to an activating group) is 1. The number of carbonyl (C=O) groups excluding carboxylic acids is 1. The van der Waals surface area contributed by atoms with Crippen molar-refractivity contribution >= 4 is 22.5 Å². The van der Waals surface area contributed by atoms with Gasteiger partial charge in [0.15, 0.2) is 5.65 Å². The van der Waals surface area contributed by atoms with Crippen LogP contribution < -0.4 is 0 Å². The molecule has 0 aliphatic carbocycles. The Balaban J connectivity index is 1.46. The number of aryl methyl sites for hydroxylation is 1. The van der Waals surface area contributed by atoms with Crippen LogP contribution in [0.5, 0.6) is 0 Å². The molecule has 4 aromatic rings. The molecule has 34 heavy (non-hydrogen) atoms. The maximum atomic E-state index is 12.1. The molecule has 4 heterocycles. The smallest absolute Gasteiger partial charge is 0.236 e. The van der Waals surface area contributed by atoms with Gasteiger partial charge in [-0.25, -0.2) is 0 Å². The Labute approximate surface area is 199 Å². The van der Waals surface area contributed by atoms with Crippen molar-refractivity contribution in [2.45, 2.75) is 45.4 Å². The number of H-pyrrole nitrogens is 1. The monoisotopic (exact) mass is 459 g/mol. The number of fused-ring (bicyclic) bond motifs is 2. The third kappa shape index (κ3) is 3.96. The van der Waals surface area contributed by atoms with Crippen LogP contribution in [0.25, 0.3) is 27.8 Å². The Morgan fingerprint density at radius 3 is 2.65 bits per heavy atom. The van der Waals surface area contributed by atoms with Crippen LogP contribution in [0, 0.1) is 6.92 Å². The van der Waals surface area contributed by atoms with Gasteiger partial charge >= 0.3 is 0 Å². The number of rotatable bonds is 5. The van der Waals surface area contributed by atoms with Crippen LogP contribution in [0.3, 0.4) is 0 Å². The number of nitrogens with one attached hydrogen (secondary N) is 1. The van der Waals surface area contributed by atoms with Gasteiger partial charge in [-0.15, -0.1) is 5.10 Å². The number of amides is 1. The van der Waals surface area contributed by atoms with Crippen molar-refractivity contribution in [3.63, 3.8) is 0 Å². The number of nitrogens with zero attached hydrogens (tertiary/aromatic N) is 6. The number of benzene rings is 1. The van der Waals surface area contributed by atoms with Crippen molar-refractivity contribution in [3.8, 4) is 11.3 Å². The highest BCUT2D eigenvalue weighted by Crippen LogP contribution is 2.39. The zero-order valence-electron chi connectivity index (χ0n) is 20.7. The van der Waals surface area contributed by atoms with E-state index in [-0.39, 0.29) is 5.91 Å². The van der Waals surface area contributed by atoms with Crippen molar-refractivity contribution in [1.82, 2.24) is 34.8 Å². The normalized spacial score (nSPS) is 15.6. The average molecular weight is 460 g/mol. The molecule has 5 rings (SSSR count). The van der Waals surface area contributed by atoms with E-state index < -0.39 is 0 Å². The van der Waals surface area contributed by atoms with E-state index in [0.717, 1.165) is 54.0 Å². The Bertz CT molecular complexity index is 1340.